The predicted octanol–water partition coefficient (Wildman–Crippen LogP) is 2.29. The first-order valence-corrected chi connectivity index (χ1v) is 4.62. The van der Waals surface area contributed by atoms with Gasteiger partial charge in [0.25, 0.3) is 0 Å². The first-order valence-electron chi connectivity index (χ1n) is 3.54. The Morgan fingerprint density at radius 2 is 2.00 bits per heavy atom. The molecule has 2 heterocycles. The van der Waals surface area contributed by atoms with Crippen molar-refractivity contribution < 1.29 is 0 Å². The van der Waals surface area contributed by atoms with Crippen molar-refractivity contribution in [2.45, 2.75) is 0 Å². The Kier molecular flexibility index (Phi) is 1.90. The van der Waals surface area contributed by atoms with E-state index >= 15 is 0 Å². The average Bonchev–Trinajstić information content (AvgIpc) is 2.06. The van der Waals surface area contributed by atoms with Crippen molar-refractivity contribution in [1.82, 2.24) is 4.81 Å². The van der Waals surface area contributed by atoms with E-state index in [1.807, 2.05) is 0 Å². The van der Waals surface area contributed by atoms with Gasteiger partial charge in [-0.05, 0) is 28.0 Å². The third kappa shape index (κ3) is 1.29. The van der Waals surface area contributed by atoms with Crippen LogP contribution in [0.25, 0.3) is 0 Å². The molecule has 1 nitrogen and oxygen atoms in total. The van der Waals surface area contributed by atoms with Gasteiger partial charge in [0.2, 0.25) is 0 Å². The maximum Gasteiger partial charge on any atom is 0.326 e. The maximum atomic E-state index is 2.37. The lowest BCUT2D eigenvalue weighted by atomic mass is 9.58. The third-order valence-electron chi connectivity index (χ3n) is 1.78. The summed E-state index contributed by atoms with van der Waals surface area (Å²) in [5.41, 5.74) is 0. The van der Waals surface area contributed by atoms with Crippen molar-refractivity contribution >= 4 is 29.4 Å². The first-order chi connectivity index (χ1) is 5.38. The molecule has 0 aromatic rings. The lowest BCUT2D eigenvalue weighted by Crippen LogP contribution is -2.32. The minimum Gasteiger partial charge on any atom is -0.389 e. The van der Waals surface area contributed by atoms with Crippen LogP contribution in [0, 0.1) is 0 Å². The Balaban J connectivity index is 2.33. The summed E-state index contributed by atoms with van der Waals surface area (Å²) in [7, 11) is 0. The second-order valence-electron chi connectivity index (χ2n) is 2.51. The summed E-state index contributed by atoms with van der Waals surface area (Å²) in [5.74, 6) is 2.20. The summed E-state index contributed by atoms with van der Waals surface area (Å²) in [6.45, 7) is 0.450. The summed E-state index contributed by atoms with van der Waals surface area (Å²) in [5, 5.41) is 0. The average molecular weight is 255 g/mol. The molecule has 3 heteroatoms. The monoisotopic (exact) mass is 255 g/mol. The van der Waals surface area contributed by atoms with Gasteiger partial charge in [-0.15, -0.1) is 0 Å². The van der Waals surface area contributed by atoms with E-state index in [4.69, 9.17) is 0 Å². The number of hydrogen-bond donors (Lipinski definition) is 0. The number of hydrogen-bond acceptors (Lipinski definition) is 1. The molecule has 54 valence electrons. The smallest absolute Gasteiger partial charge is 0.326 e. The van der Waals surface area contributed by atoms with Gasteiger partial charge in [0.1, 0.15) is 0 Å². The molecule has 0 N–H and O–H groups in total. The van der Waals surface area contributed by atoms with Crippen molar-refractivity contribution in [2.75, 3.05) is 0 Å². The summed E-state index contributed by atoms with van der Waals surface area (Å²) in [4.78, 5) is 2.20. The minimum atomic E-state index is 0.450. The predicted molar refractivity (Wildman–Crippen MR) is 57.1 cm³/mol. The van der Waals surface area contributed by atoms with E-state index in [1.54, 1.807) is 0 Å². The van der Waals surface area contributed by atoms with Crippen LogP contribution in [0.2, 0.25) is 0 Å². The minimum absolute atomic E-state index is 0.450. The van der Waals surface area contributed by atoms with E-state index in [2.05, 4.69) is 70.1 Å². The summed E-state index contributed by atoms with van der Waals surface area (Å²) >= 11 is 2.37. The van der Waals surface area contributed by atoms with Crippen LogP contribution in [-0.2, 0) is 0 Å². The molecule has 0 unspecified atom stereocenters. The van der Waals surface area contributed by atoms with E-state index in [1.165, 1.54) is 3.48 Å². The standard InChI is InChI=1S/C8H7BIN/c10-8-4-3-7-11-6-2-1-5-9(8)11/h1-7H. The third-order valence-corrected chi connectivity index (χ3v) is 2.78. The van der Waals surface area contributed by atoms with Gasteiger partial charge < -0.3 is 4.81 Å². The number of allylic oxidation sites excluding steroid dienone is 4. The van der Waals surface area contributed by atoms with Crippen LogP contribution < -0.4 is 0 Å². The highest BCUT2D eigenvalue weighted by atomic mass is 127. The largest absolute Gasteiger partial charge is 0.389 e. The SMILES string of the molecule is IC1=CC=CN2C=CC=CB12. The topological polar surface area (TPSA) is 3.24 Å². The zero-order chi connectivity index (χ0) is 7.68. The van der Waals surface area contributed by atoms with Gasteiger partial charge in [0.05, 0.1) is 0 Å². The highest BCUT2D eigenvalue weighted by molar-refractivity contribution is 14.1. The maximum absolute atomic E-state index is 2.37. The van der Waals surface area contributed by atoms with Crippen molar-refractivity contribution in [1.29, 1.82) is 0 Å². The normalized spacial score (nSPS) is 20.3. The number of halogens is 1. The second kappa shape index (κ2) is 2.89. The van der Waals surface area contributed by atoms with E-state index < -0.39 is 0 Å². The van der Waals surface area contributed by atoms with Gasteiger partial charge in [-0.3, -0.25) is 0 Å². The van der Waals surface area contributed by atoms with E-state index in [0.29, 0.717) is 6.85 Å². The van der Waals surface area contributed by atoms with Gasteiger partial charge in [-0.2, -0.15) is 0 Å². The lowest BCUT2D eigenvalue weighted by Gasteiger charge is -2.26. The Labute approximate surface area is 80.4 Å². The molecule has 0 radical (unpaired) electrons. The zero-order valence-corrected chi connectivity index (χ0v) is 8.10. The lowest BCUT2D eigenvalue weighted by molar-refractivity contribution is 0.790. The molecule has 0 saturated carbocycles. The summed E-state index contributed by atoms with van der Waals surface area (Å²) in [6, 6.07) is 0. The van der Waals surface area contributed by atoms with Crippen LogP contribution >= 0.6 is 22.6 Å². The van der Waals surface area contributed by atoms with Crippen molar-refractivity contribution in [2.24, 2.45) is 0 Å². The molecule has 0 aromatic heterocycles. The molecule has 0 fully saturated rings. The fourth-order valence-corrected chi connectivity index (χ4v) is 1.96. The van der Waals surface area contributed by atoms with Gasteiger partial charge in [-0.1, -0.05) is 40.7 Å². The molecular formula is C8H7BIN. The van der Waals surface area contributed by atoms with E-state index in [0.717, 1.165) is 0 Å². The summed E-state index contributed by atoms with van der Waals surface area (Å²) < 4.78 is 1.37. The molecule has 2 aliphatic rings. The van der Waals surface area contributed by atoms with Crippen LogP contribution in [-0.4, -0.2) is 11.7 Å². The molecule has 0 atom stereocenters. The van der Waals surface area contributed by atoms with Crippen molar-refractivity contribution in [3.8, 4) is 0 Å². The van der Waals surface area contributed by atoms with Crippen LogP contribution in [0.3, 0.4) is 0 Å². The molecule has 0 bridgehead atoms. The molecule has 0 amide bonds. The number of rotatable bonds is 0. The Morgan fingerprint density at radius 3 is 2.82 bits per heavy atom. The van der Waals surface area contributed by atoms with Crippen molar-refractivity contribution in [3.63, 3.8) is 0 Å². The van der Waals surface area contributed by atoms with E-state index in [-0.39, 0.29) is 0 Å². The fraction of sp³-hybridized carbons (Fsp3) is 0. The fourth-order valence-electron chi connectivity index (χ4n) is 1.22. The molecule has 2 rings (SSSR count). The molecule has 0 aromatic carbocycles. The highest BCUT2D eigenvalue weighted by Gasteiger charge is 2.22. The van der Waals surface area contributed by atoms with Gasteiger partial charge >= 0.3 is 6.85 Å². The van der Waals surface area contributed by atoms with Crippen LogP contribution in [0.5, 0.6) is 0 Å². The van der Waals surface area contributed by atoms with Gasteiger partial charge in [-0.25, -0.2) is 0 Å². The van der Waals surface area contributed by atoms with Gasteiger partial charge in [0, 0.05) is 0 Å². The molecule has 0 saturated heterocycles. The number of nitrogens with zero attached hydrogens (tertiary/aromatic N) is 1. The molecular weight excluding hydrogens is 248 g/mol. The van der Waals surface area contributed by atoms with Crippen molar-refractivity contribution in [3.05, 3.63) is 46.2 Å². The van der Waals surface area contributed by atoms with Crippen LogP contribution in [0.4, 0.5) is 0 Å². The van der Waals surface area contributed by atoms with Crippen LogP contribution in [0.1, 0.15) is 0 Å². The Morgan fingerprint density at radius 1 is 1.18 bits per heavy atom. The van der Waals surface area contributed by atoms with Gasteiger partial charge in [0.15, 0.2) is 0 Å². The van der Waals surface area contributed by atoms with Crippen LogP contribution in [0.15, 0.2) is 46.2 Å². The van der Waals surface area contributed by atoms with E-state index in [9.17, 15) is 0 Å². The Bertz CT molecular complexity index is 278. The summed E-state index contributed by atoms with van der Waals surface area (Å²) in [6.07, 6.45) is 12.5. The number of fused-ring (bicyclic) bond motifs is 1. The highest BCUT2D eigenvalue weighted by Crippen LogP contribution is 2.21. The molecule has 2 aliphatic heterocycles. The molecule has 0 spiro atoms. The molecule has 11 heavy (non-hydrogen) atoms. The molecule has 0 aliphatic carbocycles. The zero-order valence-electron chi connectivity index (χ0n) is 5.94. The Hall–Kier alpha value is -0.445. The first kappa shape index (κ1) is 7.22. The quantitative estimate of drug-likeness (QED) is 0.474. The second-order valence-corrected chi connectivity index (χ2v) is 3.76.